The number of carbonyl (C=O) groups is 1. The van der Waals surface area contributed by atoms with Gasteiger partial charge in [-0.1, -0.05) is 24.3 Å². The van der Waals surface area contributed by atoms with E-state index in [1.165, 1.54) is 4.90 Å². The molecule has 0 aliphatic heterocycles. The Morgan fingerprint density at radius 1 is 0.933 bits per heavy atom. The Bertz CT molecular complexity index is 1190. The largest absolute Gasteiger partial charge is 0.496 e. The lowest BCUT2D eigenvalue weighted by Crippen LogP contribution is -2.21. The van der Waals surface area contributed by atoms with E-state index in [0.717, 1.165) is 5.56 Å². The second kappa shape index (κ2) is 8.12. The van der Waals surface area contributed by atoms with Crippen LogP contribution in [0.3, 0.4) is 0 Å². The first-order valence-electron chi connectivity index (χ1n) is 9.18. The Morgan fingerprint density at radius 2 is 1.63 bits per heavy atom. The van der Waals surface area contributed by atoms with Gasteiger partial charge in [-0.05, 0) is 24.3 Å². The van der Waals surface area contributed by atoms with E-state index in [1.807, 2.05) is 36.4 Å². The number of methoxy groups -OCH3 is 1. The molecule has 0 spiro atoms. The van der Waals surface area contributed by atoms with E-state index in [9.17, 15) is 4.79 Å². The Labute approximate surface area is 173 Å². The Morgan fingerprint density at radius 3 is 2.37 bits per heavy atom. The van der Waals surface area contributed by atoms with Gasteiger partial charge < -0.3 is 14.1 Å². The maximum absolute atomic E-state index is 12.1. The van der Waals surface area contributed by atoms with Crippen LogP contribution in [0.25, 0.3) is 34.3 Å². The number of hydrogen-bond donors (Lipinski definition) is 0. The topological polar surface area (TPSA) is 94.2 Å². The molecule has 0 atom stereocenters. The van der Waals surface area contributed by atoms with Crippen LogP contribution >= 0.6 is 0 Å². The summed E-state index contributed by atoms with van der Waals surface area (Å²) in [6.45, 7) is 0. The zero-order chi connectivity index (χ0) is 21.1. The normalized spacial score (nSPS) is 10.6. The van der Waals surface area contributed by atoms with Crippen LogP contribution in [0.2, 0.25) is 0 Å². The van der Waals surface area contributed by atoms with Crippen molar-refractivity contribution < 1.29 is 13.9 Å². The lowest BCUT2D eigenvalue weighted by atomic mass is 10.1. The van der Waals surface area contributed by atoms with Crippen molar-refractivity contribution >= 4 is 5.91 Å². The molecule has 8 nitrogen and oxygen atoms in total. The molecule has 0 aliphatic rings. The minimum atomic E-state index is -0.0592. The second-order valence-electron chi connectivity index (χ2n) is 6.68. The molecule has 0 radical (unpaired) electrons. The summed E-state index contributed by atoms with van der Waals surface area (Å²) in [7, 11) is 5.02. The van der Waals surface area contributed by atoms with Gasteiger partial charge in [0.2, 0.25) is 0 Å². The third-order valence-electron chi connectivity index (χ3n) is 4.45. The van der Waals surface area contributed by atoms with Gasteiger partial charge in [0.15, 0.2) is 0 Å². The number of nitrogens with zero attached hydrogens (tertiary/aromatic N) is 5. The van der Waals surface area contributed by atoms with Crippen molar-refractivity contribution in [1.29, 1.82) is 0 Å². The van der Waals surface area contributed by atoms with Gasteiger partial charge in [0, 0.05) is 25.2 Å². The molecule has 2 heterocycles. The molecular weight excluding hydrogens is 382 g/mol. The molecule has 0 fully saturated rings. The zero-order valence-corrected chi connectivity index (χ0v) is 16.7. The molecule has 0 unspecified atom stereocenters. The van der Waals surface area contributed by atoms with E-state index < -0.39 is 0 Å². The van der Waals surface area contributed by atoms with Crippen molar-refractivity contribution in [3.05, 3.63) is 66.5 Å². The summed E-state index contributed by atoms with van der Waals surface area (Å²) in [6.07, 6.45) is 3.21. The van der Waals surface area contributed by atoms with Gasteiger partial charge in [-0.15, -0.1) is 10.2 Å². The molecule has 0 saturated heterocycles. The quantitative estimate of drug-likeness (QED) is 0.504. The highest BCUT2D eigenvalue weighted by Crippen LogP contribution is 2.30. The van der Waals surface area contributed by atoms with Crippen molar-refractivity contribution in [3.63, 3.8) is 0 Å². The maximum atomic E-state index is 12.1. The fourth-order valence-corrected chi connectivity index (χ4v) is 2.91. The van der Waals surface area contributed by atoms with Crippen LogP contribution < -0.4 is 4.74 Å². The molecule has 0 bridgehead atoms. The van der Waals surface area contributed by atoms with E-state index in [2.05, 4.69) is 20.2 Å². The number of aromatic nitrogens is 4. The molecule has 0 N–H and O–H groups in total. The summed E-state index contributed by atoms with van der Waals surface area (Å²) in [5, 5.41) is 8.22. The summed E-state index contributed by atoms with van der Waals surface area (Å²) in [5.41, 5.74) is 3.21. The molecule has 2 aromatic carbocycles. The number of amides is 1. The van der Waals surface area contributed by atoms with Crippen LogP contribution in [0.1, 0.15) is 10.4 Å². The van der Waals surface area contributed by atoms with Gasteiger partial charge in [0.05, 0.1) is 30.8 Å². The van der Waals surface area contributed by atoms with Crippen molar-refractivity contribution in [3.8, 4) is 40.0 Å². The second-order valence-corrected chi connectivity index (χ2v) is 6.68. The van der Waals surface area contributed by atoms with E-state index in [-0.39, 0.29) is 11.8 Å². The molecule has 2 aromatic heterocycles. The van der Waals surface area contributed by atoms with Gasteiger partial charge in [0.25, 0.3) is 17.7 Å². The van der Waals surface area contributed by atoms with Gasteiger partial charge >= 0.3 is 0 Å². The van der Waals surface area contributed by atoms with Crippen LogP contribution in [-0.4, -0.2) is 52.2 Å². The van der Waals surface area contributed by atoms with Crippen LogP contribution in [-0.2, 0) is 0 Å². The Hall–Kier alpha value is -4.07. The fraction of sp³-hybridized carbons (Fsp3) is 0.136. The van der Waals surface area contributed by atoms with E-state index >= 15 is 0 Å². The van der Waals surface area contributed by atoms with Crippen molar-refractivity contribution in [2.24, 2.45) is 0 Å². The summed E-state index contributed by atoms with van der Waals surface area (Å²) in [5.74, 6) is 1.17. The Kier molecular flexibility index (Phi) is 5.21. The average Bonchev–Trinajstić information content (AvgIpc) is 3.29. The molecule has 0 aliphatic carbocycles. The molecule has 0 saturated carbocycles. The van der Waals surface area contributed by atoms with Crippen molar-refractivity contribution in [1.82, 2.24) is 25.1 Å². The summed E-state index contributed by atoms with van der Waals surface area (Å²) in [4.78, 5) is 22.4. The summed E-state index contributed by atoms with van der Waals surface area (Å²) >= 11 is 0. The van der Waals surface area contributed by atoms with E-state index in [1.54, 1.807) is 45.7 Å². The van der Waals surface area contributed by atoms with E-state index in [4.69, 9.17) is 9.15 Å². The zero-order valence-electron chi connectivity index (χ0n) is 16.7. The maximum Gasteiger partial charge on any atom is 0.268 e. The number of hydrogen-bond acceptors (Lipinski definition) is 7. The van der Waals surface area contributed by atoms with Crippen LogP contribution in [0.15, 0.2) is 65.3 Å². The molecule has 8 heteroatoms. The van der Waals surface area contributed by atoms with Crippen LogP contribution in [0.4, 0.5) is 0 Å². The standard InChI is InChI=1S/C22H19N5O3/c1-27(2)22(28)15-10-8-14(9-11-15)17-12-23-13-18(24-17)21-26-25-20(30-21)16-6-4-5-7-19(16)29-3/h4-13H,1-3H3. The summed E-state index contributed by atoms with van der Waals surface area (Å²) in [6, 6.07) is 14.6. The molecular formula is C22H19N5O3. The lowest BCUT2D eigenvalue weighted by molar-refractivity contribution is 0.0827. The molecule has 1 amide bonds. The highest BCUT2D eigenvalue weighted by atomic mass is 16.5. The van der Waals surface area contributed by atoms with Gasteiger partial charge in [-0.25, -0.2) is 4.98 Å². The van der Waals surface area contributed by atoms with Gasteiger partial charge in [0.1, 0.15) is 11.4 Å². The first-order valence-corrected chi connectivity index (χ1v) is 9.18. The lowest BCUT2D eigenvalue weighted by Gasteiger charge is -2.10. The summed E-state index contributed by atoms with van der Waals surface area (Å²) < 4.78 is 11.2. The highest BCUT2D eigenvalue weighted by molar-refractivity contribution is 5.94. The third kappa shape index (κ3) is 3.75. The Balaban J connectivity index is 1.63. The SMILES string of the molecule is COc1ccccc1-c1nnc(-c2cncc(-c3ccc(C(=O)N(C)C)cc3)n2)o1. The average molecular weight is 401 g/mol. The predicted molar refractivity (Wildman–Crippen MR) is 111 cm³/mol. The number of para-hydroxylation sites is 1. The van der Waals surface area contributed by atoms with Gasteiger partial charge in [-0.2, -0.15) is 0 Å². The monoisotopic (exact) mass is 401 g/mol. The first kappa shape index (κ1) is 19.3. The third-order valence-corrected chi connectivity index (χ3v) is 4.45. The molecule has 30 heavy (non-hydrogen) atoms. The number of rotatable bonds is 5. The predicted octanol–water partition coefficient (Wildman–Crippen LogP) is 3.57. The molecule has 4 aromatic rings. The fourth-order valence-electron chi connectivity index (χ4n) is 2.91. The van der Waals surface area contributed by atoms with Gasteiger partial charge in [-0.3, -0.25) is 9.78 Å². The highest BCUT2D eigenvalue weighted by Gasteiger charge is 2.16. The first-order chi connectivity index (χ1) is 14.6. The number of benzene rings is 2. The van der Waals surface area contributed by atoms with Crippen LogP contribution in [0, 0.1) is 0 Å². The molecule has 150 valence electrons. The number of carbonyl (C=O) groups excluding carboxylic acids is 1. The van der Waals surface area contributed by atoms with Crippen molar-refractivity contribution in [2.45, 2.75) is 0 Å². The smallest absolute Gasteiger partial charge is 0.268 e. The molecule has 4 rings (SSSR count). The number of ether oxygens (including phenoxy) is 1. The van der Waals surface area contributed by atoms with Crippen molar-refractivity contribution in [2.75, 3.05) is 21.2 Å². The minimum Gasteiger partial charge on any atom is -0.496 e. The van der Waals surface area contributed by atoms with Crippen LogP contribution in [0.5, 0.6) is 5.75 Å². The van der Waals surface area contributed by atoms with E-state index in [0.29, 0.717) is 34.2 Å². The minimum absolute atomic E-state index is 0.0592.